The highest BCUT2D eigenvalue weighted by Gasteiger charge is 2.23. The maximum Gasteiger partial charge on any atom is 0.186 e. The predicted octanol–water partition coefficient (Wildman–Crippen LogP) is 3.03. The third-order valence-electron chi connectivity index (χ3n) is 2.62. The number of allylic oxidation sites excluding steroid dienone is 5. The van der Waals surface area contributed by atoms with E-state index in [9.17, 15) is 4.79 Å². The van der Waals surface area contributed by atoms with Crippen LogP contribution < -0.4 is 0 Å². The molecule has 0 heterocycles. The lowest BCUT2D eigenvalue weighted by Crippen LogP contribution is -2.00. The van der Waals surface area contributed by atoms with Crippen molar-refractivity contribution < 1.29 is 4.79 Å². The molecule has 0 radical (unpaired) electrons. The van der Waals surface area contributed by atoms with Crippen LogP contribution in [-0.4, -0.2) is 5.78 Å². The zero-order valence-corrected chi connectivity index (χ0v) is 8.75. The summed E-state index contributed by atoms with van der Waals surface area (Å²) in [6, 6.07) is 8.08. The lowest BCUT2D eigenvalue weighted by atomic mass is 9.96. The second-order valence-corrected chi connectivity index (χ2v) is 3.45. The van der Waals surface area contributed by atoms with Crippen LogP contribution in [0.3, 0.4) is 0 Å². The number of ketones is 1. The van der Waals surface area contributed by atoms with Crippen LogP contribution in [0.25, 0.3) is 11.6 Å². The van der Waals surface area contributed by atoms with Crippen LogP contribution in [0.15, 0.2) is 48.1 Å². The number of fused-ring (bicyclic) bond motifs is 3. The third-order valence-corrected chi connectivity index (χ3v) is 2.62. The summed E-state index contributed by atoms with van der Waals surface area (Å²) in [5.74, 6) is 0.110. The highest BCUT2D eigenvalue weighted by Crippen LogP contribution is 2.37. The zero-order valence-electron chi connectivity index (χ0n) is 7.94. The molecule has 0 aliphatic heterocycles. The van der Waals surface area contributed by atoms with E-state index in [4.69, 9.17) is 0 Å². The lowest BCUT2D eigenvalue weighted by Gasteiger charge is -2.06. The molecule has 74 valence electrons. The molecule has 3 rings (SSSR count). The van der Waals surface area contributed by atoms with Crippen molar-refractivity contribution in [2.45, 2.75) is 0 Å². The maximum absolute atomic E-state index is 11.5. The Morgan fingerprint density at radius 3 is 2.67 bits per heavy atom. The predicted molar refractivity (Wildman–Crippen MR) is 63.8 cm³/mol. The molecule has 2 heteroatoms. The molecule has 0 saturated heterocycles. The number of carbonyl (C=O) groups is 1. The monoisotopic (exact) mass is 216 g/mol. The van der Waals surface area contributed by atoms with E-state index in [0.29, 0.717) is 0 Å². The van der Waals surface area contributed by atoms with Gasteiger partial charge in [-0.3, -0.25) is 4.79 Å². The molecule has 15 heavy (non-hydrogen) atoms. The molecule has 0 saturated carbocycles. The normalized spacial score (nSPS) is 16.1. The van der Waals surface area contributed by atoms with Crippen molar-refractivity contribution in [3.8, 4) is 0 Å². The van der Waals surface area contributed by atoms with Crippen LogP contribution >= 0.6 is 12.4 Å². The first kappa shape index (κ1) is 9.94. The molecular formula is C13H9ClO. The number of hydrogen-bond donors (Lipinski definition) is 0. The lowest BCUT2D eigenvalue weighted by molar-refractivity contribution is -0.110. The number of carbonyl (C=O) groups excluding carboxylic acids is 1. The van der Waals surface area contributed by atoms with Gasteiger partial charge in [-0.05, 0) is 28.9 Å². The van der Waals surface area contributed by atoms with Crippen molar-refractivity contribution >= 4 is 29.8 Å². The topological polar surface area (TPSA) is 17.1 Å². The fourth-order valence-electron chi connectivity index (χ4n) is 1.95. The fourth-order valence-corrected chi connectivity index (χ4v) is 1.95. The summed E-state index contributed by atoms with van der Waals surface area (Å²) < 4.78 is 0. The van der Waals surface area contributed by atoms with Crippen molar-refractivity contribution in [1.29, 1.82) is 0 Å². The van der Waals surface area contributed by atoms with Crippen LogP contribution in [-0.2, 0) is 4.79 Å². The first-order chi connectivity index (χ1) is 6.86. The molecule has 0 N–H and O–H groups in total. The van der Waals surface area contributed by atoms with Gasteiger partial charge in [0.05, 0.1) is 0 Å². The van der Waals surface area contributed by atoms with Gasteiger partial charge in [0.15, 0.2) is 5.78 Å². The van der Waals surface area contributed by atoms with Crippen molar-refractivity contribution in [3.63, 3.8) is 0 Å². The Morgan fingerprint density at radius 1 is 1.00 bits per heavy atom. The molecule has 0 spiro atoms. The van der Waals surface area contributed by atoms with E-state index in [-0.39, 0.29) is 18.2 Å². The Bertz CT molecular complexity index is 521. The van der Waals surface area contributed by atoms with E-state index in [1.165, 1.54) is 5.56 Å². The Labute approximate surface area is 94.2 Å². The molecule has 2 aliphatic rings. The van der Waals surface area contributed by atoms with E-state index in [1.54, 1.807) is 6.08 Å². The van der Waals surface area contributed by atoms with E-state index in [2.05, 4.69) is 6.07 Å². The molecule has 0 aromatic heterocycles. The molecule has 0 bridgehead atoms. The molecular weight excluding hydrogens is 208 g/mol. The molecule has 1 nitrogen and oxygen atoms in total. The summed E-state index contributed by atoms with van der Waals surface area (Å²) in [4.78, 5) is 11.5. The van der Waals surface area contributed by atoms with E-state index in [0.717, 1.165) is 16.7 Å². The van der Waals surface area contributed by atoms with Gasteiger partial charge >= 0.3 is 0 Å². The fraction of sp³-hybridized carbons (Fsp3) is 0. The molecule has 1 aromatic rings. The highest BCUT2D eigenvalue weighted by atomic mass is 35.5. The summed E-state index contributed by atoms with van der Waals surface area (Å²) in [6.07, 6.45) is 7.39. The standard InChI is InChI=1S/C13H8O.ClH/c14-13-7-3-6-11-10-5-2-1-4-9(10)8-12(11)13;/h1-8H;1H. The summed E-state index contributed by atoms with van der Waals surface area (Å²) >= 11 is 0. The minimum atomic E-state index is 0. The quantitative estimate of drug-likeness (QED) is 0.652. The van der Waals surface area contributed by atoms with Crippen LogP contribution in [0.4, 0.5) is 0 Å². The zero-order chi connectivity index (χ0) is 9.54. The Kier molecular flexibility index (Phi) is 2.33. The molecule has 0 amide bonds. The van der Waals surface area contributed by atoms with Crippen LogP contribution in [0, 0.1) is 0 Å². The van der Waals surface area contributed by atoms with Gasteiger partial charge in [-0.2, -0.15) is 0 Å². The first-order valence-electron chi connectivity index (χ1n) is 4.60. The van der Waals surface area contributed by atoms with Gasteiger partial charge < -0.3 is 0 Å². The van der Waals surface area contributed by atoms with Crippen LogP contribution in [0.2, 0.25) is 0 Å². The second kappa shape index (κ2) is 3.52. The Balaban J connectivity index is 0.000000853. The SMILES string of the molecule is Cl.O=C1C=CC=C2C1=Cc1ccccc12. The van der Waals surface area contributed by atoms with Crippen molar-refractivity contribution in [1.82, 2.24) is 0 Å². The highest BCUT2D eigenvalue weighted by molar-refractivity contribution is 6.23. The number of benzene rings is 1. The number of rotatable bonds is 0. The van der Waals surface area contributed by atoms with Gasteiger partial charge in [-0.15, -0.1) is 12.4 Å². The summed E-state index contributed by atoms with van der Waals surface area (Å²) in [5, 5.41) is 0. The van der Waals surface area contributed by atoms with Gasteiger partial charge in [0.2, 0.25) is 0 Å². The van der Waals surface area contributed by atoms with Crippen molar-refractivity contribution in [3.05, 3.63) is 59.2 Å². The van der Waals surface area contributed by atoms with Gasteiger partial charge in [-0.25, -0.2) is 0 Å². The first-order valence-corrected chi connectivity index (χ1v) is 4.60. The molecule has 2 aliphatic carbocycles. The van der Waals surface area contributed by atoms with Gasteiger partial charge in [0.1, 0.15) is 0 Å². The molecule has 0 atom stereocenters. The van der Waals surface area contributed by atoms with Crippen LogP contribution in [0.5, 0.6) is 0 Å². The average Bonchev–Trinajstić information content (AvgIpc) is 2.59. The van der Waals surface area contributed by atoms with E-state index < -0.39 is 0 Å². The minimum absolute atomic E-state index is 0. The largest absolute Gasteiger partial charge is 0.289 e. The summed E-state index contributed by atoms with van der Waals surface area (Å²) in [5.41, 5.74) is 4.20. The van der Waals surface area contributed by atoms with Gasteiger partial charge in [0, 0.05) is 5.57 Å². The molecule has 0 fully saturated rings. The smallest absolute Gasteiger partial charge is 0.186 e. The van der Waals surface area contributed by atoms with E-state index >= 15 is 0 Å². The number of halogens is 1. The average molecular weight is 217 g/mol. The van der Waals surface area contributed by atoms with Gasteiger partial charge in [-0.1, -0.05) is 36.4 Å². The van der Waals surface area contributed by atoms with Crippen LogP contribution in [0.1, 0.15) is 11.1 Å². The maximum atomic E-state index is 11.5. The van der Waals surface area contributed by atoms with Crippen molar-refractivity contribution in [2.75, 3.05) is 0 Å². The minimum Gasteiger partial charge on any atom is -0.289 e. The van der Waals surface area contributed by atoms with Gasteiger partial charge in [0.25, 0.3) is 0 Å². The molecule has 1 aromatic carbocycles. The summed E-state index contributed by atoms with van der Waals surface area (Å²) in [7, 11) is 0. The Morgan fingerprint density at radius 2 is 1.80 bits per heavy atom. The third kappa shape index (κ3) is 1.36. The molecule has 0 unspecified atom stereocenters. The Hall–Kier alpha value is -1.60. The number of hydrogen-bond acceptors (Lipinski definition) is 1. The summed E-state index contributed by atoms with van der Waals surface area (Å²) in [6.45, 7) is 0. The second-order valence-electron chi connectivity index (χ2n) is 3.45. The van der Waals surface area contributed by atoms with E-state index in [1.807, 2.05) is 36.4 Å². The van der Waals surface area contributed by atoms with Crippen molar-refractivity contribution in [2.24, 2.45) is 0 Å².